The van der Waals surface area contributed by atoms with Crippen molar-refractivity contribution in [3.8, 4) is 17.1 Å². The smallest absolute Gasteiger partial charge is 0.277 e. The summed E-state index contributed by atoms with van der Waals surface area (Å²) in [4.78, 5) is 18.4. The van der Waals surface area contributed by atoms with Crippen LogP contribution in [0.5, 0.6) is 5.75 Å². The number of aromatic nitrogens is 2. The topological polar surface area (TPSA) is 56.2 Å². The van der Waals surface area contributed by atoms with Gasteiger partial charge in [-0.25, -0.2) is 4.98 Å². The molecular formula is C23H33N3O2. The van der Waals surface area contributed by atoms with Gasteiger partial charge in [-0.05, 0) is 68.7 Å². The fourth-order valence-electron chi connectivity index (χ4n) is 4.14. The summed E-state index contributed by atoms with van der Waals surface area (Å²) in [5.41, 5.74) is 5.13. The molecule has 5 heteroatoms. The molecule has 0 radical (unpaired) electrons. The zero-order chi connectivity index (χ0) is 20.3. The molecule has 0 spiro atoms. The lowest BCUT2D eigenvalue weighted by atomic mass is 10.0. The van der Waals surface area contributed by atoms with Crippen LogP contribution in [0, 0.1) is 0 Å². The van der Waals surface area contributed by atoms with E-state index in [0.29, 0.717) is 24.5 Å². The molecule has 0 saturated heterocycles. The van der Waals surface area contributed by atoms with Gasteiger partial charge in [0.25, 0.3) is 5.56 Å². The van der Waals surface area contributed by atoms with Crippen LogP contribution in [0.3, 0.4) is 0 Å². The van der Waals surface area contributed by atoms with Crippen LogP contribution >= 0.6 is 0 Å². The van der Waals surface area contributed by atoms with E-state index in [0.717, 1.165) is 42.7 Å². The van der Waals surface area contributed by atoms with E-state index in [-0.39, 0.29) is 11.6 Å². The third-order valence-electron chi connectivity index (χ3n) is 5.88. The van der Waals surface area contributed by atoms with E-state index in [1.165, 1.54) is 17.5 Å². The number of rotatable bonds is 8. The number of nitrogens with one attached hydrogen (secondary N) is 1. The van der Waals surface area contributed by atoms with Gasteiger partial charge >= 0.3 is 0 Å². The Morgan fingerprint density at radius 3 is 2.39 bits per heavy atom. The molecule has 0 fully saturated rings. The zero-order valence-corrected chi connectivity index (χ0v) is 17.9. The third kappa shape index (κ3) is 3.67. The summed E-state index contributed by atoms with van der Waals surface area (Å²) in [6, 6.07) is 4.60. The fraction of sp³-hybridized carbons (Fsp3) is 0.565. The molecule has 1 heterocycles. The molecule has 28 heavy (non-hydrogen) atoms. The molecule has 1 aromatic carbocycles. The SMILES string of the molecule is CCc1nc(-c2cc3c(cc2OC)CCC3)n(CC)c(=O)c1NC(CC)CC. The summed E-state index contributed by atoms with van der Waals surface area (Å²) in [5, 5.41) is 3.46. The van der Waals surface area contributed by atoms with Crippen LogP contribution in [0.15, 0.2) is 16.9 Å². The van der Waals surface area contributed by atoms with Crippen molar-refractivity contribution in [2.24, 2.45) is 0 Å². The maximum absolute atomic E-state index is 13.4. The average Bonchev–Trinajstić information content (AvgIpc) is 3.18. The minimum Gasteiger partial charge on any atom is -0.496 e. The molecule has 2 aromatic rings. The molecule has 0 atom stereocenters. The lowest BCUT2D eigenvalue weighted by Gasteiger charge is -2.21. The Morgan fingerprint density at radius 2 is 1.82 bits per heavy atom. The number of aryl methyl sites for hydroxylation is 3. The van der Waals surface area contributed by atoms with E-state index < -0.39 is 0 Å². The van der Waals surface area contributed by atoms with Gasteiger partial charge in [0.05, 0.1) is 18.4 Å². The highest BCUT2D eigenvalue weighted by Crippen LogP contribution is 2.35. The van der Waals surface area contributed by atoms with Crippen molar-refractivity contribution >= 4 is 5.69 Å². The van der Waals surface area contributed by atoms with Crippen LogP contribution < -0.4 is 15.6 Å². The Hall–Kier alpha value is -2.30. The second kappa shape index (κ2) is 8.80. The van der Waals surface area contributed by atoms with Crippen molar-refractivity contribution in [1.82, 2.24) is 9.55 Å². The van der Waals surface area contributed by atoms with Crippen molar-refractivity contribution in [3.63, 3.8) is 0 Å². The highest BCUT2D eigenvalue weighted by molar-refractivity contribution is 5.69. The molecule has 0 amide bonds. The van der Waals surface area contributed by atoms with Crippen LogP contribution in [-0.4, -0.2) is 22.7 Å². The fourth-order valence-corrected chi connectivity index (χ4v) is 4.14. The predicted octanol–water partition coefficient (Wildman–Crippen LogP) is 4.59. The Bertz CT molecular complexity index is 898. The number of hydrogen-bond donors (Lipinski definition) is 1. The lowest BCUT2D eigenvalue weighted by Crippen LogP contribution is -2.31. The van der Waals surface area contributed by atoms with Gasteiger partial charge in [-0.3, -0.25) is 9.36 Å². The maximum Gasteiger partial charge on any atom is 0.277 e. The van der Waals surface area contributed by atoms with Gasteiger partial charge < -0.3 is 10.1 Å². The van der Waals surface area contributed by atoms with E-state index in [4.69, 9.17) is 9.72 Å². The molecule has 0 bridgehead atoms. The summed E-state index contributed by atoms with van der Waals surface area (Å²) in [6.07, 6.45) is 6.02. The second-order valence-electron chi connectivity index (χ2n) is 7.49. The number of methoxy groups -OCH3 is 1. The Balaban J connectivity index is 2.20. The predicted molar refractivity (Wildman–Crippen MR) is 116 cm³/mol. The van der Waals surface area contributed by atoms with Crippen LogP contribution in [0.4, 0.5) is 5.69 Å². The summed E-state index contributed by atoms with van der Waals surface area (Å²) in [5.74, 6) is 1.52. The second-order valence-corrected chi connectivity index (χ2v) is 7.49. The monoisotopic (exact) mass is 383 g/mol. The first-order valence-corrected chi connectivity index (χ1v) is 10.7. The van der Waals surface area contributed by atoms with Gasteiger partial charge in [0.15, 0.2) is 0 Å². The van der Waals surface area contributed by atoms with Crippen molar-refractivity contribution in [3.05, 3.63) is 39.3 Å². The molecule has 3 rings (SSSR count). The average molecular weight is 384 g/mol. The lowest BCUT2D eigenvalue weighted by molar-refractivity contribution is 0.415. The summed E-state index contributed by atoms with van der Waals surface area (Å²) in [6.45, 7) is 8.91. The van der Waals surface area contributed by atoms with Crippen LogP contribution in [0.25, 0.3) is 11.4 Å². The minimum atomic E-state index is 0.0128. The Morgan fingerprint density at radius 1 is 1.14 bits per heavy atom. The van der Waals surface area contributed by atoms with Gasteiger partial charge in [0.1, 0.15) is 17.3 Å². The molecule has 5 nitrogen and oxygen atoms in total. The van der Waals surface area contributed by atoms with Gasteiger partial charge in [-0.1, -0.05) is 20.8 Å². The first-order chi connectivity index (χ1) is 13.6. The molecule has 1 aromatic heterocycles. The molecule has 0 aliphatic heterocycles. The standard InChI is InChI=1S/C23H33N3O2/c1-6-17(7-2)24-21-19(8-3)25-22(26(9-4)23(21)27)18-13-15-11-10-12-16(15)14-20(18)28-5/h13-14,17,24H,6-12H2,1-5H3. The highest BCUT2D eigenvalue weighted by Gasteiger charge is 2.22. The van der Waals surface area contributed by atoms with E-state index in [1.807, 2.05) is 6.92 Å². The first kappa shape index (κ1) is 20.4. The summed E-state index contributed by atoms with van der Waals surface area (Å²) >= 11 is 0. The van der Waals surface area contributed by atoms with Crippen molar-refractivity contribution in [2.45, 2.75) is 78.8 Å². The normalized spacial score (nSPS) is 13.1. The highest BCUT2D eigenvalue weighted by atomic mass is 16.5. The van der Waals surface area contributed by atoms with Crippen molar-refractivity contribution < 1.29 is 4.74 Å². The van der Waals surface area contributed by atoms with Crippen LogP contribution in [-0.2, 0) is 25.8 Å². The molecule has 1 N–H and O–H groups in total. The van der Waals surface area contributed by atoms with E-state index >= 15 is 0 Å². The number of benzene rings is 1. The molecule has 152 valence electrons. The molecular weight excluding hydrogens is 350 g/mol. The first-order valence-electron chi connectivity index (χ1n) is 10.7. The Labute approximate surface area is 168 Å². The van der Waals surface area contributed by atoms with Gasteiger partial charge in [0, 0.05) is 12.6 Å². The number of anilines is 1. The number of nitrogens with zero attached hydrogens (tertiary/aromatic N) is 2. The Kier molecular flexibility index (Phi) is 6.42. The van der Waals surface area contributed by atoms with E-state index in [9.17, 15) is 4.79 Å². The van der Waals surface area contributed by atoms with Crippen LogP contribution in [0.2, 0.25) is 0 Å². The third-order valence-corrected chi connectivity index (χ3v) is 5.88. The van der Waals surface area contributed by atoms with Crippen molar-refractivity contribution in [1.29, 1.82) is 0 Å². The summed E-state index contributed by atoms with van der Waals surface area (Å²) < 4.78 is 7.48. The zero-order valence-electron chi connectivity index (χ0n) is 17.9. The van der Waals surface area contributed by atoms with Crippen molar-refractivity contribution in [2.75, 3.05) is 12.4 Å². The number of fused-ring (bicyclic) bond motifs is 1. The molecule has 0 unspecified atom stereocenters. The minimum absolute atomic E-state index is 0.0128. The van der Waals surface area contributed by atoms with Gasteiger partial charge in [0.2, 0.25) is 0 Å². The molecule has 1 aliphatic rings. The maximum atomic E-state index is 13.4. The van der Waals surface area contributed by atoms with E-state index in [2.05, 4.69) is 38.2 Å². The number of ether oxygens (including phenoxy) is 1. The molecule has 1 aliphatic carbocycles. The quantitative estimate of drug-likeness (QED) is 0.724. The van der Waals surface area contributed by atoms with Gasteiger partial charge in [-0.15, -0.1) is 0 Å². The summed E-state index contributed by atoms with van der Waals surface area (Å²) in [7, 11) is 1.69. The van der Waals surface area contributed by atoms with E-state index in [1.54, 1.807) is 11.7 Å². The molecule has 0 saturated carbocycles. The van der Waals surface area contributed by atoms with Crippen LogP contribution in [0.1, 0.15) is 63.8 Å². The largest absolute Gasteiger partial charge is 0.496 e. The number of hydrogen-bond acceptors (Lipinski definition) is 4. The van der Waals surface area contributed by atoms with Gasteiger partial charge in [-0.2, -0.15) is 0 Å².